The Hall–Kier alpha value is -0.110. The molecule has 0 unspecified atom stereocenters. The van der Waals surface area contributed by atoms with E-state index >= 15 is 0 Å². The number of rotatable bonds is 16. The predicted octanol–water partition coefficient (Wildman–Crippen LogP) is 3.70. The number of unbranched alkanes of at least 4 members (excludes halogenated alkanes) is 5. The molecule has 152 valence electrons. The van der Waals surface area contributed by atoms with Crippen molar-refractivity contribution in [3.8, 4) is 5.75 Å². The molecule has 0 atom stereocenters. The van der Waals surface area contributed by atoms with Crippen LogP contribution in [0.2, 0.25) is 0 Å². The first-order valence-corrected chi connectivity index (χ1v) is 11.3. The quantitative estimate of drug-likeness (QED) is 0.236. The first kappa shape index (κ1) is 26.9. The fraction of sp³-hybridized carbons (Fsp3) is 0.700. The van der Waals surface area contributed by atoms with Crippen LogP contribution in [0.3, 0.4) is 0 Å². The van der Waals surface area contributed by atoms with E-state index in [9.17, 15) is 8.42 Å². The molecule has 0 heterocycles. The summed E-state index contributed by atoms with van der Waals surface area (Å²) in [4.78, 5) is 0. The molecule has 1 aromatic carbocycles. The Labute approximate surface area is 187 Å². The fourth-order valence-corrected chi connectivity index (χ4v) is 3.34. The van der Waals surface area contributed by atoms with Crippen molar-refractivity contribution in [3.63, 3.8) is 0 Å². The number of benzene rings is 1. The van der Waals surface area contributed by atoms with Gasteiger partial charge in [0.1, 0.15) is 11.5 Å². The van der Waals surface area contributed by atoms with Crippen molar-refractivity contribution >= 4 is 39.7 Å². The number of hydrogen-bond donors (Lipinski definition) is 0. The van der Waals surface area contributed by atoms with Crippen LogP contribution in [0.4, 0.5) is 0 Å². The van der Waals surface area contributed by atoms with Crippen molar-refractivity contribution in [1.82, 2.24) is 0 Å². The summed E-state index contributed by atoms with van der Waals surface area (Å²) in [5.41, 5.74) is 1.21. The maximum absolute atomic E-state index is 11.9. The molecule has 7 heteroatoms. The second-order valence-corrected chi connectivity index (χ2v) is 8.01. The van der Waals surface area contributed by atoms with Crippen LogP contribution < -0.4 is 4.18 Å². The van der Waals surface area contributed by atoms with Crippen molar-refractivity contribution in [2.45, 2.75) is 58.8 Å². The Kier molecular flexibility index (Phi) is 16.7. The van der Waals surface area contributed by atoms with Gasteiger partial charge in [-0.05, 0) is 37.5 Å². The Bertz CT molecular complexity index is 560. The summed E-state index contributed by atoms with van der Waals surface area (Å²) in [6, 6.07) is 7.32. The summed E-state index contributed by atoms with van der Waals surface area (Å²) in [7, 11) is -3.64. The molecule has 27 heavy (non-hydrogen) atoms. The van der Waals surface area contributed by atoms with Gasteiger partial charge in [0.05, 0.1) is 19.8 Å². The van der Waals surface area contributed by atoms with Crippen molar-refractivity contribution in [2.75, 3.05) is 32.2 Å². The van der Waals surface area contributed by atoms with E-state index in [2.05, 4.69) is 6.92 Å². The standard InChI is InChI=1S/C20H34O5S.Na.H/c1-3-5-6-7-8-9-10-19-11-13-20(14-12-19)25-26(21,22)18-17-24-16-15-23-4-2;;/h11-14H,3-10,15-18H2,1-2H3;;. The van der Waals surface area contributed by atoms with Gasteiger partial charge < -0.3 is 13.7 Å². The van der Waals surface area contributed by atoms with Crippen molar-refractivity contribution in [3.05, 3.63) is 29.8 Å². The molecule has 0 fully saturated rings. The number of ether oxygens (including phenoxy) is 2. The van der Waals surface area contributed by atoms with Crippen LogP contribution in [-0.4, -0.2) is 70.2 Å². The van der Waals surface area contributed by atoms with Gasteiger partial charge in [0.15, 0.2) is 0 Å². The molecule has 0 spiro atoms. The van der Waals surface area contributed by atoms with Crippen LogP contribution in [0.1, 0.15) is 57.9 Å². The van der Waals surface area contributed by atoms with Crippen molar-refractivity contribution in [1.29, 1.82) is 0 Å². The summed E-state index contributed by atoms with van der Waals surface area (Å²) in [5.74, 6) is 0.185. The minimum absolute atomic E-state index is 0. The van der Waals surface area contributed by atoms with E-state index in [1.54, 1.807) is 12.1 Å². The first-order chi connectivity index (χ1) is 12.6. The average Bonchev–Trinajstić information content (AvgIpc) is 2.62. The Morgan fingerprint density at radius 1 is 0.815 bits per heavy atom. The SMILES string of the molecule is CCCCCCCCc1ccc(OS(=O)(=O)CCOCCOCC)cc1.[NaH]. The van der Waals surface area contributed by atoms with Crippen molar-refractivity contribution in [2.24, 2.45) is 0 Å². The third kappa shape index (κ3) is 14.5. The number of aryl methyl sites for hydroxylation is 1. The van der Waals surface area contributed by atoms with Gasteiger partial charge in [0, 0.05) is 6.61 Å². The molecule has 0 saturated heterocycles. The summed E-state index contributed by atoms with van der Waals surface area (Å²) < 4.78 is 39.3. The van der Waals surface area contributed by atoms with E-state index in [4.69, 9.17) is 13.7 Å². The number of hydrogen-bond acceptors (Lipinski definition) is 5. The molecule has 0 radical (unpaired) electrons. The van der Waals surface area contributed by atoms with Crippen LogP contribution >= 0.6 is 0 Å². The molecule has 0 N–H and O–H groups in total. The molecular weight excluding hydrogens is 375 g/mol. The monoisotopic (exact) mass is 410 g/mol. The Morgan fingerprint density at radius 2 is 1.44 bits per heavy atom. The van der Waals surface area contributed by atoms with Gasteiger partial charge in [-0.1, -0.05) is 51.2 Å². The normalized spacial score (nSPS) is 11.2. The van der Waals surface area contributed by atoms with Gasteiger partial charge in [0.25, 0.3) is 0 Å². The van der Waals surface area contributed by atoms with E-state index in [-0.39, 0.29) is 41.9 Å². The molecule has 0 bridgehead atoms. The summed E-state index contributed by atoms with van der Waals surface area (Å²) in [5, 5.41) is 0. The maximum atomic E-state index is 11.9. The zero-order valence-corrected chi connectivity index (χ0v) is 17.1. The summed E-state index contributed by atoms with van der Waals surface area (Å²) >= 11 is 0. The van der Waals surface area contributed by atoms with Gasteiger partial charge in [-0.3, -0.25) is 0 Å². The fourth-order valence-electron chi connectivity index (χ4n) is 2.53. The van der Waals surface area contributed by atoms with Gasteiger partial charge >= 0.3 is 39.7 Å². The zero-order chi connectivity index (χ0) is 19.1. The van der Waals surface area contributed by atoms with Gasteiger partial charge in [0.2, 0.25) is 0 Å². The van der Waals surface area contributed by atoms with Crippen LogP contribution in [0.15, 0.2) is 24.3 Å². The van der Waals surface area contributed by atoms with Gasteiger partial charge in [-0.2, -0.15) is 8.42 Å². The van der Waals surface area contributed by atoms with E-state index in [1.807, 2.05) is 19.1 Å². The third-order valence-electron chi connectivity index (χ3n) is 4.02. The topological polar surface area (TPSA) is 61.8 Å². The third-order valence-corrected chi connectivity index (χ3v) is 5.13. The van der Waals surface area contributed by atoms with Gasteiger partial charge in [-0.15, -0.1) is 0 Å². The molecule has 0 amide bonds. The first-order valence-electron chi connectivity index (χ1n) is 9.74. The predicted molar refractivity (Wildman–Crippen MR) is 112 cm³/mol. The molecule has 1 rings (SSSR count). The molecular formula is C20H35NaO5S. The van der Waals surface area contributed by atoms with Crippen LogP contribution in [0.5, 0.6) is 5.75 Å². The summed E-state index contributed by atoms with van der Waals surface area (Å²) in [6.45, 7) is 5.70. The van der Waals surface area contributed by atoms with Crippen LogP contribution in [-0.2, 0) is 26.0 Å². The second-order valence-electron chi connectivity index (χ2n) is 6.32. The second kappa shape index (κ2) is 16.8. The zero-order valence-electron chi connectivity index (χ0n) is 16.2. The molecule has 0 aliphatic carbocycles. The molecule has 0 aromatic heterocycles. The summed E-state index contributed by atoms with van der Waals surface area (Å²) in [6.07, 6.45) is 8.63. The average molecular weight is 411 g/mol. The molecule has 5 nitrogen and oxygen atoms in total. The Balaban J connectivity index is 0.00000676. The molecule has 1 aromatic rings. The van der Waals surface area contributed by atoms with E-state index < -0.39 is 10.1 Å². The van der Waals surface area contributed by atoms with Crippen LogP contribution in [0, 0.1) is 0 Å². The minimum atomic E-state index is -3.64. The van der Waals surface area contributed by atoms with E-state index in [1.165, 1.54) is 44.1 Å². The molecule has 0 aliphatic rings. The van der Waals surface area contributed by atoms with Crippen LogP contribution in [0.25, 0.3) is 0 Å². The van der Waals surface area contributed by atoms with Gasteiger partial charge in [-0.25, -0.2) is 0 Å². The molecule has 0 saturated carbocycles. The van der Waals surface area contributed by atoms with E-state index in [0.717, 1.165) is 6.42 Å². The van der Waals surface area contributed by atoms with E-state index in [0.29, 0.717) is 25.6 Å². The molecule has 0 aliphatic heterocycles. The Morgan fingerprint density at radius 3 is 2.11 bits per heavy atom. The van der Waals surface area contributed by atoms with Crippen molar-refractivity contribution < 1.29 is 22.1 Å².